The lowest BCUT2D eigenvalue weighted by Crippen LogP contribution is -2.41. The van der Waals surface area contributed by atoms with Crippen LogP contribution in [0.15, 0.2) is 16.6 Å². The molecule has 1 heterocycles. The fourth-order valence-electron chi connectivity index (χ4n) is 1.45. The molecule has 2 rings (SSSR count). The number of nitrogens with two attached hydrogens (primary N) is 1. The van der Waals surface area contributed by atoms with Crippen molar-refractivity contribution in [3.8, 4) is 0 Å². The third-order valence-electron chi connectivity index (χ3n) is 2.21. The molecule has 5 heteroatoms. The molecule has 14 heavy (non-hydrogen) atoms. The Balaban J connectivity index is 2.52. The van der Waals surface area contributed by atoms with Crippen LogP contribution in [0.25, 0.3) is 0 Å². The molecule has 1 unspecified atom stereocenters. The van der Waals surface area contributed by atoms with Gasteiger partial charge in [0, 0.05) is 16.6 Å². The Morgan fingerprint density at radius 2 is 2.29 bits per heavy atom. The molecule has 1 amide bonds. The number of anilines is 1. The number of rotatable bonds is 0. The van der Waals surface area contributed by atoms with Crippen molar-refractivity contribution in [1.82, 2.24) is 0 Å². The molecule has 0 aliphatic carbocycles. The molecule has 3 nitrogen and oxygen atoms in total. The predicted octanol–water partition coefficient (Wildman–Crippen LogP) is 1.92. The van der Waals surface area contributed by atoms with Gasteiger partial charge in [-0.2, -0.15) is 0 Å². The first-order valence-electron chi connectivity index (χ1n) is 4.13. The SMILES string of the molecule is NC1Cc2c(ccc(Br)c2Cl)NC1=O. The maximum Gasteiger partial charge on any atom is 0.241 e. The molecular formula is C9H8BrClN2O. The van der Waals surface area contributed by atoms with E-state index >= 15 is 0 Å². The van der Waals surface area contributed by atoms with Gasteiger partial charge in [0.2, 0.25) is 5.91 Å². The first-order chi connectivity index (χ1) is 6.59. The number of fused-ring (bicyclic) bond motifs is 1. The molecule has 1 aromatic carbocycles. The highest BCUT2D eigenvalue weighted by atomic mass is 79.9. The van der Waals surface area contributed by atoms with Crippen LogP contribution in [0.4, 0.5) is 5.69 Å². The van der Waals surface area contributed by atoms with Gasteiger partial charge in [-0.05, 0) is 33.6 Å². The van der Waals surface area contributed by atoms with Crippen LogP contribution >= 0.6 is 27.5 Å². The van der Waals surface area contributed by atoms with Crippen LogP contribution in [0.5, 0.6) is 0 Å². The van der Waals surface area contributed by atoms with E-state index in [1.807, 2.05) is 6.07 Å². The summed E-state index contributed by atoms with van der Waals surface area (Å²) in [6, 6.07) is 3.11. The minimum atomic E-state index is -0.505. The monoisotopic (exact) mass is 274 g/mol. The van der Waals surface area contributed by atoms with Crippen molar-refractivity contribution in [3.05, 3.63) is 27.2 Å². The summed E-state index contributed by atoms with van der Waals surface area (Å²) in [6.45, 7) is 0. The fourth-order valence-corrected chi connectivity index (χ4v) is 2.06. The Morgan fingerprint density at radius 3 is 3.00 bits per heavy atom. The summed E-state index contributed by atoms with van der Waals surface area (Å²) in [5, 5.41) is 3.33. The Labute approximate surface area is 94.7 Å². The minimum Gasteiger partial charge on any atom is -0.324 e. The van der Waals surface area contributed by atoms with Crippen molar-refractivity contribution in [1.29, 1.82) is 0 Å². The predicted molar refractivity (Wildman–Crippen MR) is 59.5 cm³/mol. The lowest BCUT2D eigenvalue weighted by Gasteiger charge is -2.23. The van der Waals surface area contributed by atoms with E-state index in [4.69, 9.17) is 17.3 Å². The van der Waals surface area contributed by atoms with Crippen LogP contribution < -0.4 is 11.1 Å². The highest BCUT2D eigenvalue weighted by Crippen LogP contribution is 2.34. The summed E-state index contributed by atoms with van der Waals surface area (Å²) in [5.41, 5.74) is 7.28. The highest BCUT2D eigenvalue weighted by Gasteiger charge is 2.25. The largest absolute Gasteiger partial charge is 0.324 e. The Kier molecular flexibility index (Phi) is 2.51. The van der Waals surface area contributed by atoms with Crippen LogP contribution in [0.2, 0.25) is 5.02 Å². The number of hydrogen-bond acceptors (Lipinski definition) is 2. The number of amides is 1. The smallest absolute Gasteiger partial charge is 0.241 e. The Morgan fingerprint density at radius 1 is 1.57 bits per heavy atom. The molecule has 0 saturated carbocycles. The zero-order valence-corrected chi connectivity index (χ0v) is 9.52. The minimum absolute atomic E-state index is 0.157. The van der Waals surface area contributed by atoms with E-state index < -0.39 is 6.04 Å². The van der Waals surface area contributed by atoms with Gasteiger partial charge < -0.3 is 11.1 Å². The molecule has 0 bridgehead atoms. The quantitative estimate of drug-likeness (QED) is 0.760. The number of halogens is 2. The van der Waals surface area contributed by atoms with Gasteiger partial charge in [0.05, 0.1) is 11.1 Å². The van der Waals surface area contributed by atoms with E-state index in [2.05, 4.69) is 21.2 Å². The van der Waals surface area contributed by atoms with E-state index in [9.17, 15) is 4.79 Å². The molecule has 74 valence electrons. The van der Waals surface area contributed by atoms with Gasteiger partial charge in [0.15, 0.2) is 0 Å². The second-order valence-corrected chi connectivity index (χ2v) is 4.42. The number of carbonyl (C=O) groups excluding carboxylic acids is 1. The summed E-state index contributed by atoms with van der Waals surface area (Å²) in [6.07, 6.45) is 0.486. The number of carbonyl (C=O) groups is 1. The van der Waals surface area contributed by atoms with Crippen LogP contribution in [0.1, 0.15) is 5.56 Å². The summed E-state index contributed by atoms with van der Waals surface area (Å²) < 4.78 is 0.821. The second-order valence-electron chi connectivity index (χ2n) is 3.19. The van der Waals surface area contributed by atoms with Crippen LogP contribution in [0.3, 0.4) is 0 Å². The van der Waals surface area contributed by atoms with Crippen molar-refractivity contribution in [3.63, 3.8) is 0 Å². The zero-order chi connectivity index (χ0) is 10.3. The van der Waals surface area contributed by atoms with E-state index in [-0.39, 0.29) is 5.91 Å². The van der Waals surface area contributed by atoms with Gasteiger partial charge >= 0.3 is 0 Å². The highest BCUT2D eigenvalue weighted by molar-refractivity contribution is 9.10. The molecule has 1 aliphatic heterocycles. The average molecular weight is 276 g/mol. The Hall–Kier alpha value is -0.580. The Bertz CT molecular complexity index is 408. The van der Waals surface area contributed by atoms with Crippen molar-refractivity contribution in [2.75, 3.05) is 5.32 Å². The number of benzene rings is 1. The summed E-state index contributed by atoms with van der Waals surface area (Å²) >= 11 is 9.39. The lowest BCUT2D eigenvalue weighted by molar-refractivity contribution is -0.117. The van der Waals surface area contributed by atoms with E-state index in [0.717, 1.165) is 15.7 Å². The van der Waals surface area contributed by atoms with E-state index in [0.29, 0.717) is 11.4 Å². The fraction of sp³-hybridized carbons (Fsp3) is 0.222. The average Bonchev–Trinajstić information content (AvgIpc) is 2.15. The first kappa shape index (κ1) is 9.96. The summed E-state index contributed by atoms with van der Waals surface area (Å²) in [7, 11) is 0. The van der Waals surface area contributed by atoms with E-state index in [1.54, 1.807) is 6.07 Å². The molecule has 0 spiro atoms. The van der Waals surface area contributed by atoms with Gasteiger partial charge in [-0.3, -0.25) is 4.79 Å². The van der Waals surface area contributed by atoms with Crippen molar-refractivity contribution >= 4 is 39.1 Å². The summed E-state index contributed by atoms with van der Waals surface area (Å²) in [4.78, 5) is 11.3. The van der Waals surface area contributed by atoms with Gasteiger partial charge in [0.25, 0.3) is 0 Å². The molecule has 0 aromatic heterocycles. The third kappa shape index (κ3) is 1.54. The lowest BCUT2D eigenvalue weighted by atomic mass is 10.00. The standard InChI is InChI=1S/C9H8BrClN2O/c10-5-1-2-7-4(8(5)11)3-6(12)9(14)13-7/h1-2,6H,3,12H2,(H,13,14). The van der Waals surface area contributed by atoms with Crippen LogP contribution in [-0.4, -0.2) is 11.9 Å². The van der Waals surface area contributed by atoms with Gasteiger partial charge in [-0.25, -0.2) is 0 Å². The third-order valence-corrected chi connectivity index (χ3v) is 3.54. The topological polar surface area (TPSA) is 55.1 Å². The molecular weight excluding hydrogens is 267 g/mol. The van der Waals surface area contributed by atoms with Crippen molar-refractivity contribution < 1.29 is 4.79 Å². The van der Waals surface area contributed by atoms with Crippen molar-refractivity contribution in [2.24, 2.45) is 5.73 Å². The molecule has 1 atom stereocenters. The normalized spacial score (nSPS) is 20.2. The molecule has 0 fully saturated rings. The molecule has 0 radical (unpaired) electrons. The first-order valence-corrected chi connectivity index (χ1v) is 5.30. The number of nitrogens with one attached hydrogen (secondary N) is 1. The van der Waals surface area contributed by atoms with Gasteiger partial charge in [-0.15, -0.1) is 0 Å². The van der Waals surface area contributed by atoms with E-state index in [1.165, 1.54) is 0 Å². The summed E-state index contributed by atoms with van der Waals surface area (Å²) in [5.74, 6) is -0.157. The zero-order valence-electron chi connectivity index (χ0n) is 7.18. The van der Waals surface area contributed by atoms with Crippen LogP contribution in [-0.2, 0) is 11.2 Å². The van der Waals surface area contributed by atoms with Gasteiger partial charge in [-0.1, -0.05) is 11.6 Å². The maximum absolute atomic E-state index is 11.3. The number of hydrogen-bond donors (Lipinski definition) is 2. The molecule has 0 saturated heterocycles. The van der Waals surface area contributed by atoms with Gasteiger partial charge in [0.1, 0.15) is 0 Å². The molecule has 1 aliphatic rings. The van der Waals surface area contributed by atoms with Crippen LogP contribution in [0, 0.1) is 0 Å². The van der Waals surface area contributed by atoms with Crippen molar-refractivity contribution in [2.45, 2.75) is 12.5 Å². The second kappa shape index (κ2) is 3.53. The molecule has 3 N–H and O–H groups in total. The maximum atomic E-state index is 11.3. The molecule has 1 aromatic rings.